The second kappa shape index (κ2) is 12.1. The molecule has 4 aliphatic rings. The largest absolute Gasteiger partial charge is 0.459 e. The number of carbonyl (C=O) groups is 5. The molecule has 13 nitrogen and oxygen atoms in total. The van der Waals surface area contributed by atoms with E-state index in [1.165, 1.54) is 32.1 Å². The number of aliphatic hydroxyl groups excluding tert-OH is 1. The minimum absolute atomic E-state index is 0.0687. The number of hydrogen-bond donors (Lipinski definition) is 2. The van der Waals surface area contributed by atoms with E-state index in [0.29, 0.717) is 6.42 Å². The minimum Gasteiger partial charge on any atom is -0.459 e. The maximum Gasteiger partial charge on any atom is 0.342 e. The maximum atomic E-state index is 13.3. The molecular formula is C32H44O13. The van der Waals surface area contributed by atoms with Crippen molar-refractivity contribution in [3.63, 3.8) is 0 Å². The van der Waals surface area contributed by atoms with Gasteiger partial charge in [0.1, 0.15) is 30.0 Å². The molecule has 1 spiro atoms. The number of unbranched alkanes of at least 4 members (excludes halogenated alkanes) is 2. The van der Waals surface area contributed by atoms with Crippen LogP contribution in [0.5, 0.6) is 0 Å². The van der Waals surface area contributed by atoms with Gasteiger partial charge in [0, 0.05) is 38.5 Å². The number of rotatable bonds is 8. The second-order valence-corrected chi connectivity index (χ2v) is 13.0. The van der Waals surface area contributed by atoms with Gasteiger partial charge in [-0.05, 0) is 44.9 Å². The van der Waals surface area contributed by atoms with Crippen molar-refractivity contribution in [3.8, 4) is 0 Å². The SMILES string of the molecule is CCCCCC(=O)O[C@H]1C(C)=C[C@@H]2OC(=O)[C@]3(C)O[C@]23[C@H](OC(C)=O)[C@H]2[C@](C)(O)[C@H](OC(C)=O)C=C[C@]2(C)[C@@H](OC(C)=O)[C@@H]1O. The summed E-state index contributed by atoms with van der Waals surface area (Å²) in [5.74, 6) is -5.05. The van der Waals surface area contributed by atoms with Crippen molar-refractivity contribution >= 4 is 29.8 Å². The van der Waals surface area contributed by atoms with Crippen LogP contribution in [0.3, 0.4) is 0 Å². The molecule has 2 fully saturated rings. The van der Waals surface area contributed by atoms with E-state index in [2.05, 4.69) is 0 Å². The quantitative estimate of drug-likeness (QED) is 0.130. The minimum atomic E-state index is -2.09. The van der Waals surface area contributed by atoms with Crippen molar-refractivity contribution in [2.45, 2.75) is 135 Å². The van der Waals surface area contributed by atoms with Crippen LogP contribution in [0.25, 0.3) is 0 Å². The van der Waals surface area contributed by atoms with E-state index in [9.17, 15) is 34.2 Å². The van der Waals surface area contributed by atoms with Crippen LogP contribution in [0, 0.1) is 11.3 Å². The van der Waals surface area contributed by atoms with Crippen molar-refractivity contribution in [2.75, 3.05) is 0 Å². The van der Waals surface area contributed by atoms with Gasteiger partial charge in [0.2, 0.25) is 0 Å². The second-order valence-electron chi connectivity index (χ2n) is 13.0. The van der Waals surface area contributed by atoms with E-state index >= 15 is 0 Å². The smallest absolute Gasteiger partial charge is 0.342 e. The number of hydrogen-bond acceptors (Lipinski definition) is 13. The van der Waals surface area contributed by atoms with E-state index in [4.69, 9.17) is 28.4 Å². The molecule has 2 heterocycles. The molecule has 0 radical (unpaired) electrons. The van der Waals surface area contributed by atoms with Gasteiger partial charge < -0.3 is 38.6 Å². The Morgan fingerprint density at radius 3 is 2.09 bits per heavy atom. The third-order valence-electron chi connectivity index (χ3n) is 9.57. The predicted molar refractivity (Wildman–Crippen MR) is 154 cm³/mol. The fourth-order valence-corrected chi connectivity index (χ4v) is 7.42. The van der Waals surface area contributed by atoms with Gasteiger partial charge in [0.25, 0.3) is 0 Å². The zero-order valence-electron chi connectivity index (χ0n) is 27.0. The standard InChI is InChI=1S/C32H44O13/c1-9-10-11-12-22(36)44-24-16(2)15-21-32(31(8,45-32)28(38)43-21)27(42-19(5)35)25-29(6,26(23(24)37)41-18(4)34)14-13-20(30(25,7)39)40-17(3)33/h13-15,20-21,23-27,37,39H,9-12H2,1-8H3/t20-,21+,23-,24+,25-,26+,27-,29+,30-,31+,32+/m1/s1. The van der Waals surface area contributed by atoms with Crippen LogP contribution in [0.2, 0.25) is 0 Å². The van der Waals surface area contributed by atoms with E-state index in [-0.39, 0.29) is 12.0 Å². The highest BCUT2D eigenvalue weighted by atomic mass is 16.7. The van der Waals surface area contributed by atoms with Gasteiger partial charge in [-0.25, -0.2) is 4.79 Å². The van der Waals surface area contributed by atoms with Crippen molar-refractivity contribution in [3.05, 3.63) is 23.8 Å². The maximum absolute atomic E-state index is 13.3. The highest BCUT2D eigenvalue weighted by molar-refractivity contribution is 5.89. The van der Waals surface area contributed by atoms with Crippen molar-refractivity contribution < 1.29 is 62.6 Å². The lowest BCUT2D eigenvalue weighted by atomic mass is 9.55. The molecule has 0 amide bonds. The summed E-state index contributed by atoms with van der Waals surface area (Å²) < 4.78 is 34.9. The van der Waals surface area contributed by atoms with Crippen LogP contribution in [0.15, 0.2) is 23.8 Å². The third kappa shape index (κ3) is 5.78. The molecule has 4 rings (SSSR count). The Labute approximate surface area is 262 Å². The molecule has 0 aromatic carbocycles. The number of fused-ring (bicyclic) bond motifs is 1. The van der Waals surface area contributed by atoms with Crippen LogP contribution < -0.4 is 0 Å². The third-order valence-corrected chi connectivity index (χ3v) is 9.57. The molecule has 0 aromatic rings. The summed E-state index contributed by atoms with van der Waals surface area (Å²) in [5, 5.41) is 24.3. The fourth-order valence-electron chi connectivity index (χ4n) is 7.42. The summed E-state index contributed by atoms with van der Waals surface area (Å²) in [7, 11) is 0. The summed E-state index contributed by atoms with van der Waals surface area (Å²) >= 11 is 0. The molecule has 0 aromatic heterocycles. The first-order valence-corrected chi connectivity index (χ1v) is 15.3. The normalized spacial score (nSPS) is 41.7. The van der Waals surface area contributed by atoms with Crippen molar-refractivity contribution in [2.24, 2.45) is 11.3 Å². The fraction of sp³-hybridized carbons (Fsp3) is 0.719. The Hall–Kier alpha value is -3.29. The molecule has 2 saturated heterocycles. The molecule has 0 bridgehead atoms. The van der Waals surface area contributed by atoms with E-state index < -0.39 is 94.6 Å². The van der Waals surface area contributed by atoms with Crippen LogP contribution in [0.1, 0.15) is 81.1 Å². The topological polar surface area (TPSA) is 184 Å². The molecule has 11 atom stereocenters. The predicted octanol–water partition coefficient (Wildman–Crippen LogP) is 1.99. The molecule has 2 N–H and O–H groups in total. The highest BCUT2D eigenvalue weighted by Gasteiger charge is 2.88. The highest BCUT2D eigenvalue weighted by Crippen LogP contribution is 2.65. The number of carbonyl (C=O) groups excluding carboxylic acids is 5. The van der Waals surface area contributed by atoms with Crippen LogP contribution >= 0.6 is 0 Å². The lowest BCUT2D eigenvalue weighted by molar-refractivity contribution is -0.230. The Bertz CT molecular complexity index is 1300. The molecule has 0 unspecified atom stereocenters. The zero-order valence-corrected chi connectivity index (χ0v) is 27.0. The lowest BCUT2D eigenvalue weighted by Gasteiger charge is -2.55. The molecule has 13 heteroatoms. The van der Waals surface area contributed by atoms with Gasteiger partial charge in [0.05, 0.1) is 0 Å². The molecule has 2 aliphatic heterocycles. The van der Waals surface area contributed by atoms with Crippen LogP contribution in [-0.2, 0) is 52.4 Å². The van der Waals surface area contributed by atoms with E-state index in [0.717, 1.165) is 33.6 Å². The summed E-state index contributed by atoms with van der Waals surface area (Å²) in [6.07, 6.45) is -2.05. The zero-order chi connectivity index (χ0) is 33.7. The van der Waals surface area contributed by atoms with Gasteiger partial charge in [-0.15, -0.1) is 0 Å². The van der Waals surface area contributed by atoms with Gasteiger partial charge in [-0.2, -0.15) is 0 Å². The number of esters is 5. The van der Waals surface area contributed by atoms with E-state index in [1.54, 1.807) is 13.8 Å². The Balaban J connectivity index is 2.01. The Kier molecular flexibility index (Phi) is 9.33. The summed E-state index contributed by atoms with van der Waals surface area (Å²) in [5.41, 5.74) is -6.81. The number of epoxide rings is 1. The molecular weight excluding hydrogens is 592 g/mol. The molecule has 45 heavy (non-hydrogen) atoms. The van der Waals surface area contributed by atoms with Crippen molar-refractivity contribution in [1.82, 2.24) is 0 Å². The summed E-state index contributed by atoms with van der Waals surface area (Å²) in [6, 6.07) is 0. The van der Waals surface area contributed by atoms with Crippen LogP contribution in [0.4, 0.5) is 0 Å². The molecule has 0 saturated carbocycles. The van der Waals surface area contributed by atoms with Crippen molar-refractivity contribution in [1.29, 1.82) is 0 Å². The molecule has 250 valence electrons. The first-order valence-electron chi connectivity index (χ1n) is 15.3. The summed E-state index contributed by atoms with van der Waals surface area (Å²) in [4.78, 5) is 63.7. The average molecular weight is 637 g/mol. The van der Waals surface area contributed by atoms with Crippen LogP contribution in [-0.4, -0.2) is 93.5 Å². The summed E-state index contributed by atoms with van der Waals surface area (Å²) in [6.45, 7) is 11.4. The van der Waals surface area contributed by atoms with Gasteiger partial charge in [-0.3, -0.25) is 19.2 Å². The first kappa shape index (κ1) is 34.6. The number of aliphatic hydroxyl groups is 2. The molecule has 2 aliphatic carbocycles. The average Bonchev–Trinajstić information content (AvgIpc) is 3.51. The monoisotopic (exact) mass is 636 g/mol. The van der Waals surface area contributed by atoms with Gasteiger partial charge >= 0.3 is 29.8 Å². The Morgan fingerprint density at radius 2 is 1.53 bits per heavy atom. The Morgan fingerprint density at radius 1 is 0.933 bits per heavy atom. The first-order chi connectivity index (χ1) is 20.9. The number of ether oxygens (including phenoxy) is 6. The lowest BCUT2D eigenvalue weighted by Crippen LogP contribution is -2.69. The van der Waals surface area contributed by atoms with Gasteiger partial charge in [-0.1, -0.05) is 32.8 Å². The van der Waals surface area contributed by atoms with E-state index in [1.807, 2.05) is 6.92 Å². The van der Waals surface area contributed by atoms with Gasteiger partial charge in [0.15, 0.2) is 23.4 Å².